The standard InChI is InChI=1S/C13H13NS2/c1-8-7-16-12(9(8)2)10-3-5-14-11-4-6-15-13(10)11/h4-7,10H,3H2,1-2H3. The lowest BCUT2D eigenvalue weighted by molar-refractivity contribution is 0.885. The molecule has 3 rings (SSSR count). The van der Waals surface area contributed by atoms with Crippen LogP contribution in [0.25, 0.3) is 0 Å². The quantitative estimate of drug-likeness (QED) is 0.694. The number of nitrogens with zero attached hydrogens (tertiary/aromatic N) is 1. The topological polar surface area (TPSA) is 12.4 Å². The summed E-state index contributed by atoms with van der Waals surface area (Å²) in [6.45, 7) is 4.43. The van der Waals surface area contributed by atoms with Crippen molar-refractivity contribution < 1.29 is 0 Å². The fraction of sp³-hybridized carbons (Fsp3) is 0.308. The van der Waals surface area contributed by atoms with Gasteiger partial charge in [-0.2, -0.15) is 0 Å². The summed E-state index contributed by atoms with van der Waals surface area (Å²) in [4.78, 5) is 7.41. The molecule has 3 heterocycles. The van der Waals surface area contributed by atoms with Gasteiger partial charge in [-0.25, -0.2) is 0 Å². The summed E-state index contributed by atoms with van der Waals surface area (Å²) >= 11 is 3.73. The van der Waals surface area contributed by atoms with Crippen molar-refractivity contribution in [3.8, 4) is 0 Å². The van der Waals surface area contributed by atoms with Gasteiger partial charge < -0.3 is 0 Å². The van der Waals surface area contributed by atoms with Crippen LogP contribution in [0.3, 0.4) is 0 Å². The first-order valence-electron chi connectivity index (χ1n) is 5.42. The Hall–Kier alpha value is -0.930. The Bertz CT molecular complexity index is 548. The van der Waals surface area contributed by atoms with Crippen molar-refractivity contribution in [2.75, 3.05) is 0 Å². The summed E-state index contributed by atoms with van der Waals surface area (Å²) in [5.41, 5.74) is 4.05. The zero-order chi connectivity index (χ0) is 11.1. The lowest BCUT2D eigenvalue weighted by Gasteiger charge is -2.17. The molecule has 2 aromatic rings. The molecule has 0 amide bonds. The first kappa shape index (κ1) is 10.2. The third-order valence-corrected chi connectivity index (χ3v) is 5.54. The van der Waals surface area contributed by atoms with Crippen LogP contribution in [0.4, 0.5) is 5.69 Å². The van der Waals surface area contributed by atoms with Crippen molar-refractivity contribution in [2.24, 2.45) is 4.99 Å². The van der Waals surface area contributed by atoms with E-state index in [1.165, 1.54) is 26.6 Å². The van der Waals surface area contributed by atoms with E-state index in [9.17, 15) is 0 Å². The fourth-order valence-electron chi connectivity index (χ4n) is 2.14. The van der Waals surface area contributed by atoms with Crippen molar-refractivity contribution in [3.63, 3.8) is 0 Å². The van der Waals surface area contributed by atoms with Gasteiger partial charge in [-0.1, -0.05) is 0 Å². The van der Waals surface area contributed by atoms with Crippen molar-refractivity contribution in [1.82, 2.24) is 0 Å². The number of rotatable bonds is 1. The zero-order valence-corrected chi connectivity index (χ0v) is 11.0. The highest BCUT2D eigenvalue weighted by molar-refractivity contribution is 7.12. The highest BCUT2D eigenvalue weighted by Crippen LogP contribution is 2.44. The molecule has 0 fully saturated rings. The van der Waals surface area contributed by atoms with E-state index < -0.39 is 0 Å². The van der Waals surface area contributed by atoms with E-state index in [4.69, 9.17) is 0 Å². The average Bonchev–Trinajstić information content (AvgIpc) is 2.87. The molecule has 0 saturated heterocycles. The van der Waals surface area contributed by atoms with Crippen LogP contribution in [-0.2, 0) is 0 Å². The molecule has 0 N–H and O–H groups in total. The van der Waals surface area contributed by atoms with Crippen LogP contribution < -0.4 is 0 Å². The van der Waals surface area contributed by atoms with Crippen LogP contribution in [0.2, 0.25) is 0 Å². The highest BCUT2D eigenvalue weighted by Gasteiger charge is 2.24. The minimum Gasteiger partial charge on any atom is -0.260 e. The largest absolute Gasteiger partial charge is 0.260 e. The number of aryl methyl sites for hydroxylation is 1. The second-order valence-electron chi connectivity index (χ2n) is 4.18. The van der Waals surface area contributed by atoms with Crippen LogP contribution in [0, 0.1) is 13.8 Å². The van der Waals surface area contributed by atoms with Crippen molar-refractivity contribution in [3.05, 3.63) is 37.7 Å². The van der Waals surface area contributed by atoms with Gasteiger partial charge >= 0.3 is 0 Å². The zero-order valence-electron chi connectivity index (χ0n) is 9.36. The lowest BCUT2D eigenvalue weighted by Crippen LogP contribution is -2.03. The van der Waals surface area contributed by atoms with Gasteiger partial charge in [-0.05, 0) is 48.2 Å². The second kappa shape index (κ2) is 3.82. The number of fused-ring (bicyclic) bond motifs is 1. The molecule has 1 aliphatic heterocycles. The van der Waals surface area contributed by atoms with E-state index in [0.717, 1.165) is 6.42 Å². The Morgan fingerprint density at radius 2 is 2.12 bits per heavy atom. The Morgan fingerprint density at radius 3 is 2.88 bits per heavy atom. The maximum Gasteiger partial charge on any atom is 0.0771 e. The summed E-state index contributed by atoms with van der Waals surface area (Å²) in [7, 11) is 0. The molecule has 1 unspecified atom stereocenters. The van der Waals surface area contributed by atoms with Crippen LogP contribution >= 0.6 is 22.7 Å². The Kier molecular flexibility index (Phi) is 2.45. The second-order valence-corrected chi connectivity index (χ2v) is 6.04. The highest BCUT2D eigenvalue weighted by atomic mass is 32.1. The number of hydrogen-bond acceptors (Lipinski definition) is 3. The normalized spacial score (nSPS) is 18.8. The predicted octanol–water partition coefficient (Wildman–Crippen LogP) is 4.66. The van der Waals surface area contributed by atoms with Gasteiger partial charge in [0.1, 0.15) is 0 Å². The molecule has 1 nitrogen and oxygen atoms in total. The van der Waals surface area contributed by atoms with E-state index in [1.807, 2.05) is 22.7 Å². The summed E-state index contributed by atoms with van der Waals surface area (Å²) in [5.74, 6) is 0.547. The molecule has 1 atom stereocenters. The summed E-state index contributed by atoms with van der Waals surface area (Å²) < 4.78 is 0. The maximum absolute atomic E-state index is 4.46. The number of aliphatic imine (C=N–C) groups is 1. The van der Waals surface area contributed by atoms with E-state index >= 15 is 0 Å². The third-order valence-electron chi connectivity index (χ3n) is 3.20. The Labute approximate surface area is 103 Å². The summed E-state index contributed by atoms with van der Waals surface area (Å²) in [6.07, 6.45) is 3.11. The molecule has 3 heteroatoms. The minimum absolute atomic E-state index is 0.547. The molecular formula is C13H13NS2. The molecule has 1 aliphatic rings. The van der Waals surface area contributed by atoms with Gasteiger partial charge in [-0.15, -0.1) is 22.7 Å². The maximum atomic E-state index is 4.46. The molecule has 16 heavy (non-hydrogen) atoms. The first-order valence-corrected chi connectivity index (χ1v) is 7.18. The van der Waals surface area contributed by atoms with Crippen LogP contribution in [-0.4, -0.2) is 6.21 Å². The van der Waals surface area contributed by atoms with Gasteiger partial charge in [0.2, 0.25) is 0 Å². The van der Waals surface area contributed by atoms with Crippen molar-refractivity contribution in [1.29, 1.82) is 0 Å². The van der Waals surface area contributed by atoms with E-state index in [1.54, 1.807) is 0 Å². The van der Waals surface area contributed by atoms with Crippen LogP contribution in [0.1, 0.15) is 33.2 Å². The molecular weight excluding hydrogens is 234 g/mol. The van der Waals surface area contributed by atoms with Gasteiger partial charge in [0, 0.05) is 21.9 Å². The Morgan fingerprint density at radius 1 is 1.25 bits per heavy atom. The van der Waals surface area contributed by atoms with Gasteiger partial charge in [0.15, 0.2) is 0 Å². The molecule has 2 aromatic heterocycles. The van der Waals surface area contributed by atoms with Crippen molar-refractivity contribution >= 4 is 34.6 Å². The summed E-state index contributed by atoms with van der Waals surface area (Å²) in [6, 6.07) is 2.12. The molecule has 0 radical (unpaired) electrons. The molecule has 0 aliphatic carbocycles. The first-order chi connectivity index (χ1) is 7.77. The fourth-order valence-corrected chi connectivity index (χ4v) is 4.37. The van der Waals surface area contributed by atoms with Gasteiger partial charge in [-0.3, -0.25) is 4.99 Å². The predicted molar refractivity (Wildman–Crippen MR) is 72.7 cm³/mol. The minimum atomic E-state index is 0.547. The smallest absolute Gasteiger partial charge is 0.0771 e. The van der Waals surface area contributed by atoms with E-state index in [2.05, 4.69) is 41.9 Å². The number of hydrogen-bond donors (Lipinski definition) is 0. The van der Waals surface area contributed by atoms with E-state index in [0.29, 0.717) is 5.92 Å². The molecule has 0 bridgehead atoms. The van der Waals surface area contributed by atoms with Crippen LogP contribution in [0.5, 0.6) is 0 Å². The van der Waals surface area contributed by atoms with Crippen molar-refractivity contribution in [2.45, 2.75) is 26.2 Å². The Balaban J connectivity index is 2.10. The van der Waals surface area contributed by atoms with Gasteiger partial charge in [0.25, 0.3) is 0 Å². The molecule has 0 spiro atoms. The van der Waals surface area contributed by atoms with E-state index in [-0.39, 0.29) is 0 Å². The third kappa shape index (κ3) is 1.46. The molecule has 82 valence electrons. The van der Waals surface area contributed by atoms with Gasteiger partial charge in [0.05, 0.1) is 5.69 Å². The lowest BCUT2D eigenvalue weighted by atomic mass is 9.96. The SMILES string of the molecule is Cc1csc(C2CC=Nc3ccsc32)c1C. The summed E-state index contributed by atoms with van der Waals surface area (Å²) in [5, 5.41) is 4.42. The van der Waals surface area contributed by atoms with Crippen LogP contribution in [0.15, 0.2) is 21.8 Å². The number of thiophene rings is 2. The molecule has 0 saturated carbocycles. The average molecular weight is 247 g/mol. The molecule has 0 aromatic carbocycles. The monoisotopic (exact) mass is 247 g/mol.